The molecule has 0 amide bonds. The van der Waals surface area contributed by atoms with Crippen molar-refractivity contribution in [2.75, 3.05) is 13.2 Å². The van der Waals surface area contributed by atoms with Gasteiger partial charge in [0.2, 0.25) is 0 Å². The SMILES string of the molecule is CC(C)CNCc1cc(F)cc(OCCc2cccs2)c1. The Labute approximate surface area is 130 Å². The molecule has 0 saturated carbocycles. The van der Waals surface area contributed by atoms with Gasteiger partial charge in [-0.3, -0.25) is 0 Å². The van der Waals surface area contributed by atoms with E-state index in [-0.39, 0.29) is 5.82 Å². The molecule has 0 bridgehead atoms. The lowest BCUT2D eigenvalue weighted by Crippen LogP contribution is -2.19. The Morgan fingerprint density at radius 3 is 2.86 bits per heavy atom. The Morgan fingerprint density at radius 1 is 1.29 bits per heavy atom. The molecule has 4 heteroatoms. The van der Waals surface area contributed by atoms with Crippen LogP contribution in [0.15, 0.2) is 35.7 Å². The topological polar surface area (TPSA) is 21.3 Å². The first-order chi connectivity index (χ1) is 10.1. The molecule has 0 aliphatic heterocycles. The van der Waals surface area contributed by atoms with Gasteiger partial charge < -0.3 is 10.1 Å². The van der Waals surface area contributed by atoms with E-state index >= 15 is 0 Å². The maximum atomic E-state index is 13.6. The molecule has 1 aromatic heterocycles. The van der Waals surface area contributed by atoms with Crippen molar-refractivity contribution >= 4 is 11.3 Å². The number of ether oxygens (including phenoxy) is 1. The van der Waals surface area contributed by atoms with Crippen molar-refractivity contribution in [3.63, 3.8) is 0 Å². The van der Waals surface area contributed by atoms with Crippen LogP contribution in [-0.2, 0) is 13.0 Å². The van der Waals surface area contributed by atoms with Crippen LogP contribution in [-0.4, -0.2) is 13.2 Å². The second kappa shape index (κ2) is 8.15. The fraction of sp³-hybridized carbons (Fsp3) is 0.412. The molecule has 0 aliphatic carbocycles. The lowest BCUT2D eigenvalue weighted by atomic mass is 10.2. The summed E-state index contributed by atoms with van der Waals surface area (Å²) in [6, 6.07) is 9.02. The average molecular weight is 307 g/mol. The number of thiophene rings is 1. The summed E-state index contributed by atoms with van der Waals surface area (Å²) in [4.78, 5) is 1.28. The molecule has 1 aromatic carbocycles. The van der Waals surface area contributed by atoms with Crippen LogP contribution in [0, 0.1) is 11.7 Å². The van der Waals surface area contributed by atoms with Crippen molar-refractivity contribution in [3.8, 4) is 5.75 Å². The number of hydrogen-bond acceptors (Lipinski definition) is 3. The third kappa shape index (κ3) is 5.86. The Bertz CT molecular complexity index is 540. The first-order valence-electron chi connectivity index (χ1n) is 7.29. The molecule has 0 aliphatic rings. The summed E-state index contributed by atoms with van der Waals surface area (Å²) >= 11 is 1.71. The minimum Gasteiger partial charge on any atom is -0.493 e. The van der Waals surface area contributed by atoms with Gasteiger partial charge >= 0.3 is 0 Å². The molecule has 0 fully saturated rings. The summed E-state index contributed by atoms with van der Waals surface area (Å²) in [5, 5.41) is 5.37. The molecule has 0 spiro atoms. The summed E-state index contributed by atoms with van der Waals surface area (Å²) < 4.78 is 19.3. The second-order valence-electron chi connectivity index (χ2n) is 5.50. The van der Waals surface area contributed by atoms with E-state index in [0.29, 0.717) is 24.8 Å². The lowest BCUT2D eigenvalue weighted by molar-refractivity contribution is 0.320. The van der Waals surface area contributed by atoms with Gasteiger partial charge in [0, 0.05) is 23.9 Å². The predicted molar refractivity (Wildman–Crippen MR) is 86.5 cm³/mol. The summed E-state index contributed by atoms with van der Waals surface area (Å²) in [5.74, 6) is 0.943. The largest absolute Gasteiger partial charge is 0.493 e. The van der Waals surface area contributed by atoms with Crippen LogP contribution in [0.4, 0.5) is 4.39 Å². The number of rotatable bonds is 8. The van der Waals surface area contributed by atoms with Crippen LogP contribution < -0.4 is 10.1 Å². The standard InChI is InChI=1S/C17H22FNOS/c1-13(2)11-19-12-14-8-15(18)10-16(9-14)20-6-5-17-4-3-7-21-17/h3-4,7-10,13,19H,5-6,11-12H2,1-2H3. The van der Waals surface area contributed by atoms with Crippen LogP contribution in [0.5, 0.6) is 5.75 Å². The lowest BCUT2D eigenvalue weighted by Gasteiger charge is -2.10. The zero-order valence-electron chi connectivity index (χ0n) is 12.6. The molecular weight excluding hydrogens is 285 g/mol. The van der Waals surface area contributed by atoms with Crippen molar-refractivity contribution in [1.29, 1.82) is 0 Å². The van der Waals surface area contributed by atoms with Crippen LogP contribution in [0.3, 0.4) is 0 Å². The molecular formula is C17H22FNOS. The Kier molecular flexibility index (Phi) is 6.21. The van der Waals surface area contributed by atoms with Crippen LogP contribution >= 0.6 is 11.3 Å². The highest BCUT2D eigenvalue weighted by Gasteiger charge is 2.03. The van der Waals surface area contributed by atoms with E-state index < -0.39 is 0 Å². The molecule has 1 heterocycles. The molecule has 114 valence electrons. The first kappa shape index (κ1) is 16.0. The number of nitrogens with one attached hydrogen (secondary N) is 1. The average Bonchev–Trinajstić information content (AvgIpc) is 2.91. The van der Waals surface area contributed by atoms with Crippen LogP contribution in [0.1, 0.15) is 24.3 Å². The van der Waals surface area contributed by atoms with Crippen LogP contribution in [0.25, 0.3) is 0 Å². The molecule has 0 saturated heterocycles. The molecule has 0 atom stereocenters. The van der Waals surface area contributed by atoms with E-state index in [4.69, 9.17) is 4.74 Å². The normalized spacial score (nSPS) is 11.0. The van der Waals surface area contributed by atoms with Gasteiger partial charge in [0.15, 0.2) is 0 Å². The molecule has 2 rings (SSSR count). The van der Waals surface area contributed by atoms with Gasteiger partial charge in [0.25, 0.3) is 0 Å². The number of benzene rings is 1. The predicted octanol–water partition coefficient (Wildman–Crippen LogP) is 4.25. The Hall–Kier alpha value is -1.39. The van der Waals surface area contributed by atoms with Gasteiger partial charge in [-0.05, 0) is 41.6 Å². The summed E-state index contributed by atoms with van der Waals surface area (Å²) in [6.45, 7) is 6.46. The molecule has 0 radical (unpaired) electrons. The fourth-order valence-corrected chi connectivity index (χ4v) is 2.73. The van der Waals surface area contributed by atoms with Crippen molar-refractivity contribution in [3.05, 3.63) is 52.0 Å². The Balaban J connectivity index is 1.85. The molecule has 2 aromatic rings. The van der Waals surface area contributed by atoms with Gasteiger partial charge in [-0.25, -0.2) is 4.39 Å². The maximum Gasteiger partial charge on any atom is 0.127 e. The summed E-state index contributed by atoms with van der Waals surface area (Å²) in [7, 11) is 0. The molecule has 1 N–H and O–H groups in total. The number of hydrogen-bond donors (Lipinski definition) is 1. The van der Waals surface area contributed by atoms with Gasteiger partial charge in [-0.1, -0.05) is 19.9 Å². The van der Waals surface area contributed by atoms with Gasteiger partial charge in [0.05, 0.1) is 6.61 Å². The molecule has 21 heavy (non-hydrogen) atoms. The quantitative estimate of drug-likeness (QED) is 0.787. The van der Waals surface area contributed by atoms with Crippen molar-refractivity contribution < 1.29 is 9.13 Å². The number of halogens is 1. The van der Waals surface area contributed by atoms with Crippen molar-refractivity contribution in [1.82, 2.24) is 5.32 Å². The van der Waals surface area contributed by atoms with Gasteiger partial charge in [-0.2, -0.15) is 0 Å². The first-order valence-corrected chi connectivity index (χ1v) is 8.17. The fourth-order valence-electron chi connectivity index (χ4n) is 2.04. The highest BCUT2D eigenvalue weighted by atomic mass is 32.1. The van der Waals surface area contributed by atoms with Gasteiger partial charge in [-0.15, -0.1) is 11.3 Å². The third-order valence-corrected chi connectivity index (χ3v) is 3.95. The smallest absolute Gasteiger partial charge is 0.127 e. The van der Waals surface area contributed by atoms with E-state index in [9.17, 15) is 4.39 Å². The monoisotopic (exact) mass is 307 g/mol. The van der Waals surface area contributed by atoms with E-state index in [1.807, 2.05) is 12.1 Å². The highest BCUT2D eigenvalue weighted by Crippen LogP contribution is 2.17. The minimum atomic E-state index is -0.245. The van der Waals surface area contributed by atoms with E-state index in [0.717, 1.165) is 18.5 Å². The summed E-state index contributed by atoms with van der Waals surface area (Å²) in [5.41, 5.74) is 0.918. The summed E-state index contributed by atoms with van der Waals surface area (Å²) in [6.07, 6.45) is 0.856. The second-order valence-corrected chi connectivity index (χ2v) is 6.53. The zero-order valence-corrected chi connectivity index (χ0v) is 13.4. The van der Waals surface area contributed by atoms with Crippen molar-refractivity contribution in [2.45, 2.75) is 26.8 Å². The van der Waals surface area contributed by atoms with E-state index in [1.54, 1.807) is 17.4 Å². The van der Waals surface area contributed by atoms with E-state index in [1.165, 1.54) is 10.9 Å². The zero-order chi connectivity index (χ0) is 15.1. The van der Waals surface area contributed by atoms with Crippen LogP contribution in [0.2, 0.25) is 0 Å². The minimum absolute atomic E-state index is 0.245. The van der Waals surface area contributed by atoms with E-state index in [2.05, 4.69) is 30.6 Å². The molecule has 2 nitrogen and oxygen atoms in total. The Morgan fingerprint density at radius 2 is 2.14 bits per heavy atom. The third-order valence-electron chi connectivity index (χ3n) is 3.01. The van der Waals surface area contributed by atoms with Crippen molar-refractivity contribution in [2.24, 2.45) is 5.92 Å². The maximum absolute atomic E-state index is 13.6. The molecule has 0 unspecified atom stereocenters. The van der Waals surface area contributed by atoms with Gasteiger partial charge in [0.1, 0.15) is 11.6 Å². The highest BCUT2D eigenvalue weighted by molar-refractivity contribution is 7.09.